The monoisotopic (exact) mass is 943 g/mol. The number of aromatic nitrogens is 1. The van der Waals surface area contributed by atoms with Crippen LogP contribution in [0.1, 0.15) is 10.4 Å². The molecule has 0 spiro atoms. The first-order valence-corrected chi connectivity index (χ1v) is 17.4. The number of carbonyl (C=O) groups excluding carboxylic acids is 1. The van der Waals surface area contributed by atoms with Gasteiger partial charge >= 0.3 is 0 Å². The molecule has 1 aromatic heterocycles. The van der Waals surface area contributed by atoms with Crippen molar-refractivity contribution in [2.45, 2.75) is 6.54 Å². The number of phenols is 1. The Morgan fingerprint density at radius 1 is 0.385 bits per heavy atom. The number of hydrogen-bond acceptors (Lipinski definition) is 2. The Labute approximate surface area is 347 Å². The highest BCUT2D eigenvalue weighted by molar-refractivity contribution is 7.20. The highest BCUT2D eigenvalue weighted by Crippen LogP contribution is 2.31. The zero-order valence-corrected chi connectivity index (χ0v) is 31.0. The Morgan fingerprint density at radius 3 is 1.00 bits per heavy atom. The third-order valence-electron chi connectivity index (χ3n) is 10.0. The van der Waals surface area contributed by atoms with Gasteiger partial charge in [0.05, 0.1) is 5.56 Å². The van der Waals surface area contributed by atoms with Crippen LogP contribution < -0.4 is 26.4 Å². The second-order valence-corrected chi connectivity index (χ2v) is 13.4. The van der Waals surface area contributed by atoms with Crippen LogP contribution in [0.5, 0.6) is 5.75 Å². The highest BCUT2D eigenvalue weighted by atomic mass is 19.2. The number of carbonyl (C=O) groups is 1. The summed E-state index contributed by atoms with van der Waals surface area (Å²) in [7, 11) is 0. The standard InChI is InChI=1S/C24BF20.C17H13NO2/c26-5-1(6(27)14(35)21(42)13(5)34)25(2-7(28)15(36)22(43)16(37)8(2)29,3-9(30)17(38)23(44)18(39)10(3)31)4-11(32)19(40)24(45)20(41)12(4)33;19-16-10-4-2-8-14(16)17(20)12-18-11-5-7-13-6-1-3-9-15(13)18/h;1-11H,12H2/q-1;/p+1. The molecule has 0 aliphatic heterocycles. The van der Waals surface area contributed by atoms with E-state index in [1.54, 1.807) is 18.2 Å². The fourth-order valence-corrected chi connectivity index (χ4v) is 7.18. The molecule has 0 saturated carbocycles. The number of rotatable bonds is 7. The van der Waals surface area contributed by atoms with E-state index in [2.05, 4.69) is 0 Å². The van der Waals surface area contributed by atoms with Crippen molar-refractivity contribution in [1.82, 2.24) is 0 Å². The van der Waals surface area contributed by atoms with Crippen molar-refractivity contribution in [1.29, 1.82) is 0 Å². The maximum atomic E-state index is 15.4. The summed E-state index contributed by atoms with van der Waals surface area (Å²) >= 11 is 0. The van der Waals surface area contributed by atoms with Crippen LogP contribution in [-0.4, -0.2) is 17.0 Å². The number of pyridine rings is 1. The first-order valence-electron chi connectivity index (χ1n) is 17.4. The lowest BCUT2D eigenvalue weighted by molar-refractivity contribution is -0.657. The molecular formula is C41H14BF20NO2. The zero-order valence-electron chi connectivity index (χ0n) is 31.0. The van der Waals surface area contributed by atoms with E-state index in [0.29, 0.717) is 5.56 Å². The summed E-state index contributed by atoms with van der Waals surface area (Å²) in [4.78, 5) is 12.3. The minimum absolute atomic E-state index is 0.0262. The zero-order chi connectivity index (χ0) is 48.3. The average Bonchev–Trinajstić information content (AvgIpc) is 3.29. The Kier molecular flexibility index (Phi) is 12.7. The SMILES string of the molecule is Fc1c(F)c(F)c([B-](c2c(F)c(F)c(F)c(F)c2F)(c2c(F)c(F)c(F)c(F)c2F)c2c(F)c(F)c(F)c(F)c2F)c(F)c1F.O=C(C[n+]1cccc2ccccc21)c1ccccc1O. The number of benzene rings is 6. The number of ketones is 1. The molecule has 0 radical (unpaired) electrons. The van der Waals surface area contributed by atoms with Crippen LogP contribution in [0.3, 0.4) is 0 Å². The van der Waals surface area contributed by atoms with Gasteiger partial charge in [-0.1, -0.05) is 24.3 Å². The van der Waals surface area contributed by atoms with Gasteiger partial charge in [-0.25, -0.2) is 87.8 Å². The van der Waals surface area contributed by atoms with Crippen LogP contribution in [-0.2, 0) is 6.54 Å². The molecule has 0 amide bonds. The molecule has 24 heteroatoms. The topological polar surface area (TPSA) is 41.2 Å². The fraction of sp³-hybridized carbons (Fsp3) is 0.0244. The number of phenolic OH excluding ortho intramolecular Hbond substituents is 1. The number of para-hydroxylation sites is 2. The summed E-state index contributed by atoms with van der Waals surface area (Å²) in [5.74, 6) is -71.5. The maximum absolute atomic E-state index is 15.4. The smallest absolute Gasteiger partial charge is 0.231 e. The molecule has 7 aromatic rings. The van der Waals surface area contributed by atoms with Crippen LogP contribution in [0.4, 0.5) is 87.8 Å². The van der Waals surface area contributed by atoms with Gasteiger partial charge in [0.2, 0.25) is 17.8 Å². The first kappa shape index (κ1) is 47.3. The average molecular weight is 943 g/mol. The van der Waals surface area contributed by atoms with Crippen molar-refractivity contribution in [3.8, 4) is 5.75 Å². The Morgan fingerprint density at radius 2 is 0.662 bits per heavy atom. The molecule has 0 aliphatic carbocycles. The molecule has 0 bridgehead atoms. The lowest BCUT2D eigenvalue weighted by Gasteiger charge is -2.44. The van der Waals surface area contributed by atoms with Gasteiger partial charge in [0.1, 0.15) is 58.4 Å². The minimum atomic E-state index is -7.22. The molecule has 0 unspecified atom stereocenters. The maximum Gasteiger partial charge on any atom is 0.231 e. The van der Waals surface area contributed by atoms with Gasteiger partial charge in [0.25, 0.3) is 0 Å². The summed E-state index contributed by atoms with van der Waals surface area (Å²) in [5.41, 5.74) is -13.0. The summed E-state index contributed by atoms with van der Waals surface area (Å²) < 4.78 is 296. The van der Waals surface area contributed by atoms with Gasteiger partial charge < -0.3 is 5.11 Å². The molecule has 0 fully saturated rings. The first-order chi connectivity index (χ1) is 30.5. The van der Waals surface area contributed by atoms with E-state index in [-0.39, 0.29) is 18.1 Å². The number of Topliss-reactive ketones (excluding diaryl/α,β-unsaturated/α-hetero) is 1. The van der Waals surface area contributed by atoms with Crippen LogP contribution >= 0.6 is 0 Å². The van der Waals surface area contributed by atoms with Crippen molar-refractivity contribution < 1.29 is 102 Å². The van der Waals surface area contributed by atoms with E-state index < -0.39 is 144 Å². The second-order valence-electron chi connectivity index (χ2n) is 13.4. The molecule has 1 heterocycles. The summed E-state index contributed by atoms with van der Waals surface area (Å²) in [6.45, 7) is 0.207. The normalized spacial score (nSPS) is 11.6. The second kappa shape index (κ2) is 17.4. The Balaban J connectivity index is 0.000000289. The molecule has 0 saturated heterocycles. The van der Waals surface area contributed by atoms with E-state index in [1.807, 2.05) is 47.2 Å². The molecule has 3 nitrogen and oxygen atoms in total. The Hall–Kier alpha value is -7.14. The van der Waals surface area contributed by atoms with Crippen molar-refractivity contribution in [2.75, 3.05) is 0 Å². The molecule has 6 aromatic carbocycles. The van der Waals surface area contributed by atoms with Crippen LogP contribution in [0.25, 0.3) is 10.9 Å². The van der Waals surface area contributed by atoms with Gasteiger partial charge in [-0.2, -0.15) is 4.57 Å². The third-order valence-corrected chi connectivity index (χ3v) is 10.0. The van der Waals surface area contributed by atoms with Crippen LogP contribution in [0.15, 0.2) is 66.9 Å². The van der Waals surface area contributed by atoms with Crippen molar-refractivity contribution in [2.24, 2.45) is 0 Å². The van der Waals surface area contributed by atoms with Crippen molar-refractivity contribution in [3.63, 3.8) is 0 Å². The number of halogens is 20. The van der Waals surface area contributed by atoms with E-state index in [9.17, 15) is 62.6 Å². The number of hydrogen-bond donors (Lipinski definition) is 1. The predicted octanol–water partition coefficient (Wildman–Crippen LogP) is 8.56. The van der Waals surface area contributed by atoms with Gasteiger partial charge in [-0.3, -0.25) is 4.79 Å². The summed E-state index contributed by atoms with van der Waals surface area (Å²) in [6, 6.07) is 18.5. The molecule has 0 atom stereocenters. The van der Waals surface area contributed by atoms with Crippen LogP contribution in [0, 0.1) is 116 Å². The third kappa shape index (κ3) is 7.33. The predicted molar refractivity (Wildman–Crippen MR) is 186 cm³/mol. The van der Waals surface area contributed by atoms with E-state index in [0.717, 1.165) is 10.9 Å². The number of aromatic hydroxyl groups is 1. The highest BCUT2D eigenvalue weighted by Gasteiger charge is 2.52. The molecule has 1 N–H and O–H groups in total. The minimum Gasteiger partial charge on any atom is -0.507 e. The van der Waals surface area contributed by atoms with Gasteiger partial charge in [0, 0.05) is 17.5 Å². The van der Waals surface area contributed by atoms with Crippen LogP contribution in [0.2, 0.25) is 0 Å². The van der Waals surface area contributed by atoms with Crippen molar-refractivity contribution in [3.05, 3.63) is 189 Å². The lowest BCUT2D eigenvalue weighted by Crippen LogP contribution is -2.81. The lowest BCUT2D eigenvalue weighted by atomic mass is 9.12. The fourth-order valence-electron chi connectivity index (χ4n) is 7.18. The molecule has 0 aliphatic rings. The van der Waals surface area contributed by atoms with E-state index >= 15 is 35.1 Å². The van der Waals surface area contributed by atoms with E-state index in [1.165, 1.54) is 6.07 Å². The van der Waals surface area contributed by atoms with Gasteiger partial charge in [-0.15, -0.1) is 21.9 Å². The molecule has 65 heavy (non-hydrogen) atoms. The quantitative estimate of drug-likeness (QED) is 0.0435. The molecule has 338 valence electrons. The van der Waals surface area contributed by atoms with Crippen molar-refractivity contribution >= 4 is 44.7 Å². The molecule has 7 rings (SSSR count). The molecular weight excluding hydrogens is 929 g/mol. The Bertz CT molecular complexity index is 2740. The summed E-state index contributed by atoms with van der Waals surface area (Å²) in [6.07, 6.45) is -5.34. The van der Waals surface area contributed by atoms with Gasteiger partial charge in [-0.05, 0) is 24.3 Å². The van der Waals surface area contributed by atoms with E-state index in [4.69, 9.17) is 0 Å². The number of fused-ring (bicyclic) bond motifs is 1. The number of nitrogens with zero attached hydrogens (tertiary/aromatic N) is 1. The van der Waals surface area contributed by atoms with Gasteiger partial charge in [0.15, 0.2) is 76.0 Å². The summed E-state index contributed by atoms with van der Waals surface area (Å²) in [5, 5.41) is 10.8. The largest absolute Gasteiger partial charge is 0.507 e.